The van der Waals surface area contributed by atoms with Crippen LogP contribution in [0.5, 0.6) is 11.5 Å². The Morgan fingerprint density at radius 1 is 1.21 bits per heavy atom. The summed E-state index contributed by atoms with van der Waals surface area (Å²) in [6, 6.07) is 5.75. The second-order valence-corrected chi connectivity index (χ2v) is 6.73. The molecule has 0 radical (unpaired) electrons. The van der Waals surface area contributed by atoms with Gasteiger partial charge in [0.1, 0.15) is 11.5 Å². The Morgan fingerprint density at radius 2 is 1.88 bits per heavy atom. The maximum Gasteiger partial charge on any atom is 0.222 e. The Hall–Kier alpha value is -1.75. The average molecular weight is 335 g/mol. The van der Waals surface area contributed by atoms with E-state index in [0.717, 1.165) is 36.4 Å². The molecule has 24 heavy (non-hydrogen) atoms. The minimum absolute atomic E-state index is 0.0899. The Bertz CT molecular complexity index is 522. The van der Waals surface area contributed by atoms with Gasteiger partial charge in [0.05, 0.1) is 26.9 Å². The van der Waals surface area contributed by atoms with Crippen LogP contribution in [0.2, 0.25) is 0 Å². The van der Waals surface area contributed by atoms with Crippen LogP contribution in [0, 0.1) is 5.92 Å². The third-order valence-corrected chi connectivity index (χ3v) is 4.21. The molecule has 1 atom stereocenters. The first-order valence-electron chi connectivity index (χ1n) is 8.63. The van der Waals surface area contributed by atoms with Crippen LogP contribution in [0.15, 0.2) is 18.2 Å². The van der Waals surface area contributed by atoms with E-state index in [1.165, 1.54) is 0 Å². The van der Waals surface area contributed by atoms with Crippen LogP contribution in [-0.4, -0.2) is 44.2 Å². The third kappa shape index (κ3) is 5.41. The number of carbonyl (C=O) groups is 1. The highest BCUT2D eigenvalue weighted by Gasteiger charge is 2.24. The molecule has 5 heteroatoms. The molecule has 0 aromatic heterocycles. The molecule has 1 aromatic rings. The van der Waals surface area contributed by atoms with E-state index in [9.17, 15) is 4.79 Å². The lowest BCUT2D eigenvalue weighted by Gasteiger charge is -2.33. The van der Waals surface area contributed by atoms with Gasteiger partial charge in [-0.15, -0.1) is 0 Å². The van der Waals surface area contributed by atoms with Crippen LogP contribution in [-0.2, 0) is 16.1 Å². The molecular weight excluding hydrogens is 306 g/mol. The zero-order valence-electron chi connectivity index (χ0n) is 15.2. The number of ether oxygens (including phenoxy) is 3. The van der Waals surface area contributed by atoms with E-state index in [0.29, 0.717) is 25.5 Å². The zero-order valence-corrected chi connectivity index (χ0v) is 15.2. The second-order valence-electron chi connectivity index (χ2n) is 6.73. The second kappa shape index (κ2) is 8.92. The number of benzene rings is 1. The molecule has 0 N–H and O–H groups in total. The molecule has 1 heterocycles. The topological polar surface area (TPSA) is 48.0 Å². The summed E-state index contributed by atoms with van der Waals surface area (Å²) < 4.78 is 16.6. The lowest BCUT2D eigenvalue weighted by molar-refractivity contribution is -0.136. The van der Waals surface area contributed by atoms with Crippen molar-refractivity contribution in [1.82, 2.24) is 4.90 Å². The first kappa shape index (κ1) is 18.6. The predicted molar refractivity (Wildman–Crippen MR) is 93.4 cm³/mol. The number of hydrogen-bond acceptors (Lipinski definition) is 4. The molecule has 0 bridgehead atoms. The normalized spacial score (nSPS) is 17.9. The van der Waals surface area contributed by atoms with Crippen LogP contribution >= 0.6 is 0 Å². The number of likely N-dealkylation sites (tertiary alicyclic amines) is 1. The van der Waals surface area contributed by atoms with E-state index in [1.54, 1.807) is 14.2 Å². The van der Waals surface area contributed by atoms with Gasteiger partial charge < -0.3 is 19.1 Å². The van der Waals surface area contributed by atoms with Crippen LogP contribution in [0.4, 0.5) is 0 Å². The van der Waals surface area contributed by atoms with Gasteiger partial charge >= 0.3 is 0 Å². The molecular formula is C19H29NO4. The third-order valence-electron chi connectivity index (χ3n) is 4.21. The lowest BCUT2D eigenvalue weighted by Crippen LogP contribution is -2.43. The summed E-state index contributed by atoms with van der Waals surface area (Å²) in [6.07, 6.45) is 2.69. The number of hydrogen-bond donors (Lipinski definition) is 0. The smallest absolute Gasteiger partial charge is 0.222 e. The number of amides is 1. The van der Waals surface area contributed by atoms with Crippen LogP contribution in [0.1, 0.15) is 38.7 Å². The Labute approximate surface area is 144 Å². The molecule has 2 rings (SSSR count). The van der Waals surface area contributed by atoms with Crippen LogP contribution in [0.3, 0.4) is 0 Å². The van der Waals surface area contributed by atoms with Gasteiger partial charge in [0, 0.05) is 25.6 Å². The summed E-state index contributed by atoms with van der Waals surface area (Å²) in [7, 11) is 3.28. The first-order chi connectivity index (χ1) is 11.5. The van der Waals surface area contributed by atoms with Crippen molar-refractivity contribution < 1.29 is 19.0 Å². The minimum atomic E-state index is 0.0899. The van der Waals surface area contributed by atoms with E-state index < -0.39 is 0 Å². The van der Waals surface area contributed by atoms with Crippen molar-refractivity contribution in [1.29, 1.82) is 0 Å². The van der Waals surface area contributed by atoms with Gasteiger partial charge in [-0.1, -0.05) is 13.8 Å². The van der Waals surface area contributed by atoms with Gasteiger partial charge in [-0.05, 0) is 36.5 Å². The van der Waals surface area contributed by atoms with Gasteiger partial charge in [-0.2, -0.15) is 0 Å². The van der Waals surface area contributed by atoms with Crippen LogP contribution in [0.25, 0.3) is 0 Å². The number of rotatable bonds is 7. The van der Waals surface area contributed by atoms with Crippen molar-refractivity contribution >= 4 is 5.91 Å². The van der Waals surface area contributed by atoms with Crippen molar-refractivity contribution in [2.75, 3.05) is 27.3 Å². The summed E-state index contributed by atoms with van der Waals surface area (Å²) in [5.74, 6) is 2.14. The van der Waals surface area contributed by atoms with Gasteiger partial charge in [-0.25, -0.2) is 0 Å². The lowest BCUT2D eigenvalue weighted by atomic mass is 10.1. The summed E-state index contributed by atoms with van der Waals surface area (Å²) in [4.78, 5) is 14.2. The van der Waals surface area contributed by atoms with E-state index in [4.69, 9.17) is 14.2 Å². The molecule has 0 saturated carbocycles. The molecule has 1 aromatic carbocycles. The molecule has 1 aliphatic heterocycles. The quantitative estimate of drug-likeness (QED) is 0.767. The molecule has 1 saturated heterocycles. The zero-order chi connectivity index (χ0) is 17.5. The average Bonchev–Trinajstić information content (AvgIpc) is 2.59. The minimum Gasteiger partial charge on any atom is -0.497 e. The predicted octanol–water partition coefficient (Wildman–Crippen LogP) is 3.26. The Morgan fingerprint density at radius 3 is 2.46 bits per heavy atom. The molecule has 1 amide bonds. The van der Waals surface area contributed by atoms with Crippen LogP contribution < -0.4 is 9.47 Å². The van der Waals surface area contributed by atoms with E-state index in [2.05, 4.69) is 13.8 Å². The maximum atomic E-state index is 12.2. The molecule has 0 aliphatic carbocycles. The van der Waals surface area contributed by atoms with Crippen molar-refractivity contribution in [2.24, 2.45) is 5.92 Å². The monoisotopic (exact) mass is 335 g/mol. The van der Waals surface area contributed by atoms with Gasteiger partial charge in [-0.3, -0.25) is 4.79 Å². The highest BCUT2D eigenvalue weighted by molar-refractivity contribution is 5.76. The van der Waals surface area contributed by atoms with E-state index >= 15 is 0 Å². The van der Waals surface area contributed by atoms with Gasteiger partial charge in [0.15, 0.2) is 0 Å². The molecule has 134 valence electrons. The molecule has 1 fully saturated rings. The fraction of sp³-hybridized carbons (Fsp3) is 0.632. The Balaban J connectivity index is 1.90. The molecule has 0 unspecified atom stereocenters. The van der Waals surface area contributed by atoms with Crippen molar-refractivity contribution in [3.8, 4) is 11.5 Å². The van der Waals surface area contributed by atoms with Gasteiger partial charge in [0.25, 0.3) is 0 Å². The maximum absolute atomic E-state index is 12.2. The highest BCUT2D eigenvalue weighted by Crippen LogP contribution is 2.24. The highest BCUT2D eigenvalue weighted by atomic mass is 16.5. The fourth-order valence-corrected chi connectivity index (χ4v) is 2.94. The SMILES string of the molecule is COc1cc(CO[C@@H]2CCCN(C(=O)CC(C)C)C2)cc(OC)c1. The first-order valence-corrected chi connectivity index (χ1v) is 8.63. The van der Waals surface area contributed by atoms with Crippen molar-refractivity contribution in [2.45, 2.75) is 45.8 Å². The molecule has 0 spiro atoms. The summed E-state index contributed by atoms with van der Waals surface area (Å²) >= 11 is 0. The summed E-state index contributed by atoms with van der Waals surface area (Å²) in [6.45, 7) is 6.17. The number of nitrogens with zero attached hydrogens (tertiary/aromatic N) is 1. The van der Waals surface area contributed by atoms with Crippen molar-refractivity contribution in [3.05, 3.63) is 23.8 Å². The summed E-state index contributed by atoms with van der Waals surface area (Å²) in [5, 5.41) is 0. The number of piperidine rings is 1. The Kier molecular flexibility index (Phi) is 6.91. The summed E-state index contributed by atoms with van der Waals surface area (Å²) in [5.41, 5.74) is 1.01. The molecule has 1 aliphatic rings. The largest absolute Gasteiger partial charge is 0.497 e. The van der Waals surface area contributed by atoms with E-state index in [-0.39, 0.29) is 12.0 Å². The number of methoxy groups -OCH3 is 2. The van der Waals surface area contributed by atoms with Crippen molar-refractivity contribution in [3.63, 3.8) is 0 Å². The molecule has 5 nitrogen and oxygen atoms in total. The number of carbonyl (C=O) groups excluding carboxylic acids is 1. The fourth-order valence-electron chi connectivity index (χ4n) is 2.94. The standard InChI is InChI=1S/C19H29NO4/c1-14(2)8-19(21)20-7-5-6-16(12-20)24-13-15-9-17(22-3)11-18(10-15)23-4/h9-11,14,16H,5-8,12-13H2,1-4H3/t16-/m1/s1. The van der Waals surface area contributed by atoms with E-state index in [1.807, 2.05) is 23.1 Å². The van der Waals surface area contributed by atoms with Gasteiger partial charge in [0.2, 0.25) is 5.91 Å².